The molecular formula is C13H18Cl2N2O2. The van der Waals surface area contributed by atoms with E-state index in [1.54, 1.807) is 12.1 Å². The summed E-state index contributed by atoms with van der Waals surface area (Å²) in [5.74, 6) is -0.0928. The van der Waals surface area contributed by atoms with Crippen LogP contribution in [0, 0.1) is 0 Å². The molecule has 0 saturated heterocycles. The number of hydrogen-bond acceptors (Lipinski definition) is 3. The fourth-order valence-corrected chi connectivity index (χ4v) is 2.16. The second-order valence-corrected chi connectivity index (χ2v) is 5.00. The predicted molar refractivity (Wildman–Crippen MR) is 77.8 cm³/mol. The van der Waals surface area contributed by atoms with Crippen LogP contribution in [0.25, 0.3) is 0 Å². The molecule has 3 N–H and O–H groups in total. The molecule has 0 aliphatic rings. The summed E-state index contributed by atoms with van der Waals surface area (Å²) in [6.45, 7) is 3.40. The first-order chi connectivity index (χ1) is 9.04. The molecule has 1 amide bonds. The van der Waals surface area contributed by atoms with Crippen molar-refractivity contribution in [2.45, 2.75) is 26.3 Å². The van der Waals surface area contributed by atoms with E-state index in [9.17, 15) is 4.79 Å². The second kappa shape index (κ2) is 8.25. The average Bonchev–Trinajstić information content (AvgIpc) is 2.33. The zero-order chi connectivity index (χ0) is 14.3. The Morgan fingerprint density at radius 1 is 1.42 bits per heavy atom. The molecular weight excluding hydrogens is 287 g/mol. The molecule has 1 rings (SSSR count). The van der Waals surface area contributed by atoms with Gasteiger partial charge in [-0.1, -0.05) is 36.5 Å². The molecule has 0 atom stereocenters. The van der Waals surface area contributed by atoms with Gasteiger partial charge in [0.2, 0.25) is 0 Å². The van der Waals surface area contributed by atoms with Gasteiger partial charge in [-0.25, -0.2) is 0 Å². The number of carbonyl (C=O) groups excluding carboxylic acids is 1. The largest absolute Gasteiger partial charge is 0.482 e. The molecule has 1 aromatic carbocycles. The van der Waals surface area contributed by atoms with Gasteiger partial charge >= 0.3 is 0 Å². The number of benzene rings is 1. The van der Waals surface area contributed by atoms with Gasteiger partial charge in [-0.3, -0.25) is 4.79 Å². The molecule has 0 aliphatic heterocycles. The highest BCUT2D eigenvalue weighted by molar-refractivity contribution is 6.35. The van der Waals surface area contributed by atoms with Crippen LogP contribution in [0.1, 0.15) is 25.3 Å². The van der Waals surface area contributed by atoms with Crippen LogP contribution in [-0.2, 0) is 11.3 Å². The number of carbonyl (C=O) groups is 1. The summed E-state index contributed by atoms with van der Waals surface area (Å²) < 4.78 is 5.34. The van der Waals surface area contributed by atoms with Crippen molar-refractivity contribution in [1.29, 1.82) is 0 Å². The number of amides is 1. The topological polar surface area (TPSA) is 64.3 Å². The van der Waals surface area contributed by atoms with Gasteiger partial charge in [0.05, 0.1) is 5.02 Å². The summed E-state index contributed by atoms with van der Waals surface area (Å²) in [5.41, 5.74) is 5.88. The molecule has 0 unspecified atom stereocenters. The number of nitrogens with one attached hydrogen (secondary N) is 1. The van der Waals surface area contributed by atoms with E-state index in [1.165, 1.54) is 0 Å². The third-order valence-electron chi connectivity index (χ3n) is 2.47. The monoisotopic (exact) mass is 304 g/mol. The molecule has 0 heterocycles. The van der Waals surface area contributed by atoms with Gasteiger partial charge in [0, 0.05) is 17.1 Å². The Morgan fingerprint density at radius 3 is 2.79 bits per heavy atom. The molecule has 0 radical (unpaired) electrons. The number of rotatable bonds is 8. The molecule has 0 aromatic heterocycles. The predicted octanol–water partition coefficient (Wildman–Crippen LogP) is 2.75. The van der Waals surface area contributed by atoms with Gasteiger partial charge < -0.3 is 15.8 Å². The molecule has 6 heteroatoms. The molecule has 4 nitrogen and oxygen atoms in total. The van der Waals surface area contributed by atoms with Crippen LogP contribution in [0.5, 0.6) is 5.75 Å². The van der Waals surface area contributed by atoms with E-state index in [1.807, 2.05) is 0 Å². The van der Waals surface area contributed by atoms with Crippen molar-refractivity contribution in [2.75, 3.05) is 13.2 Å². The Hall–Kier alpha value is -0.970. The number of hydrogen-bond donors (Lipinski definition) is 2. The molecule has 0 fully saturated rings. The van der Waals surface area contributed by atoms with Crippen LogP contribution >= 0.6 is 23.2 Å². The Balaban J connectivity index is 2.77. The number of primary amides is 1. The molecule has 0 aliphatic carbocycles. The minimum atomic E-state index is -0.545. The SMILES string of the molecule is CCCCNCc1cc(Cl)cc(Cl)c1OCC(N)=O. The number of halogens is 2. The fraction of sp³-hybridized carbons (Fsp3) is 0.462. The molecule has 0 bridgehead atoms. The Labute approximate surface area is 123 Å². The normalized spacial score (nSPS) is 10.5. The van der Waals surface area contributed by atoms with E-state index in [0.29, 0.717) is 22.3 Å². The minimum Gasteiger partial charge on any atom is -0.482 e. The summed E-state index contributed by atoms with van der Waals surface area (Å²) in [6, 6.07) is 3.34. The summed E-state index contributed by atoms with van der Waals surface area (Å²) in [7, 11) is 0. The summed E-state index contributed by atoms with van der Waals surface area (Å²) in [6.07, 6.45) is 2.21. The third kappa shape index (κ3) is 5.68. The highest BCUT2D eigenvalue weighted by atomic mass is 35.5. The molecule has 1 aromatic rings. The van der Waals surface area contributed by atoms with Crippen LogP contribution in [0.3, 0.4) is 0 Å². The smallest absolute Gasteiger partial charge is 0.255 e. The van der Waals surface area contributed by atoms with Gasteiger partial charge in [-0.2, -0.15) is 0 Å². The average molecular weight is 305 g/mol. The van der Waals surface area contributed by atoms with Gasteiger partial charge in [0.15, 0.2) is 6.61 Å². The van der Waals surface area contributed by atoms with E-state index in [-0.39, 0.29) is 6.61 Å². The van der Waals surface area contributed by atoms with Crippen molar-refractivity contribution >= 4 is 29.1 Å². The summed E-state index contributed by atoms with van der Waals surface area (Å²) in [5, 5.41) is 4.18. The van der Waals surface area contributed by atoms with Gasteiger partial charge in [0.25, 0.3) is 5.91 Å². The minimum absolute atomic E-state index is 0.205. The van der Waals surface area contributed by atoms with Gasteiger partial charge in [-0.15, -0.1) is 0 Å². The molecule has 19 heavy (non-hydrogen) atoms. The van der Waals surface area contributed by atoms with Crippen LogP contribution in [0.4, 0.5) is 0 Å². The number of nitrogens with two attached hydrogens (primary N) is 1. The Bertz CT molecular complexity index is 439. The first kappa shape index (κ1) is 16.1. The van der Waals surface area contributed by atoms with Crippen molar-refractivity contribution in [3.05, 3.63) is 27.7 Å². The standard InChI is InChI=1S/C13H18Cl2N2O2/c1-2-3-4-17-7-9-5-10(14)6-11(15)13(9)19-8-12(16)18/h5-6,17H,2-4,7-8H2,1H3,(H2,16,18). The zero-order valence-electron chi connectivity index (χ0n) is 10.8. The van der Waals surface area contributed by atoms with Crippen molar-refractivity contribution < 1.29 is 9.53 Å². The maximum absolute atomic E-state index is 10.8. The quantitative estimate of drug-likeness (QED) is 0.726. The van der Waals surface area contributed by atoms with Crippen molar-refractivity contribution in [3.8, 4) is 5.75 Å². The molecule has 0 saturated carbocycles. The van der Waals surface area contributed by atoms with E-state index in [0.717, 1.165) is 24.9 Å². The fourth-order valence-electron chi connectivity index (χ4n) is 1.57. The van der Waals surface area contributed by atoms with Gasteiger partial charge in [-0.05, 0) is 25.1 Å². The van der Waals surface area contributed by atoms with E-state index in [2.05, 4.69) is 12.2 Å². The van der Waals surface area contributed by atoms with E-state index < -0.39 is 5.91 Å². The lowest BCUT2D eigenvalue weighted by molar-refractivity contribution is -0.119. The lowest BCUT2D eigenvalue weighted by Gasteiger charge is -2.13. The maximum atomic E-state index is 10.8. The Kier molecular flexibility index (Phi) is 6.99. The third-order valence-corrected chi connectivity index (χ3v) is 2.97. The maximum Gasteiger partial charge on any atom is 0.255 e. The van der Waals surface area contributed by atoms with Crippen LogP contribution in [0.2, 0.25) is 10.0 Å². The van der Waals surface area contributed by atoms with Crippen molar-refractivity contribution in [1.82, 2.24) is 5.32 Å². The first-order valence-corrected chi connectivity index (χ1v) is 6.90. The lowest BCUT2D eigenvalue weighted by Crippen LogP contribution is -2.21. The van der Waals surface area contributed by atoms with Crippen LogP contribution in [-0.4, -0.2) is 19.1 Å². The van der Waals surface area contributed by atoms with Crippen molar-refractivity contribution in [3.63, 3.8) is 0 Å². The Morgan fingerprint density at radius 2 is 2.16 bits per heavy atom. The van der Waals surface area contributed by atoms with E-state index >= 15 is 0 Å². The zero-order valence-corrected chi connectivity index (χ0v) is 12.4. The number of ether oxygens (including phenoxy) is 1. The summed E-state index contributed by atoms with van der Waals surface area (Å²) >= 11 is 12.0. The highest BCUT2D eigenvalue weighted by Crippen LogP contribution is 2.32. The van der Waals surface area contributed by atoms with Gasteiger partial charge in [0.1, 0.15) is 5.75 Å². The van der Waals surface area contributed by atoms with Crippen LogP contribution < -0.4 is 15.8 Å². The van der Waals surface area contributed by atoms with Crippen LogP contribution in [0.15, 0.2) is 12.1 Å². The summed E-state index contributed by atoms with van der Waals surface area (Å²) in [4.78, 5) is 10.8. The molecule has 0 spiro atoms. The van der Waals surface area contributed by atoms with Crippen molar-refractivity contribution in [2.24, 2.45) is 5.73 Å². The lowest BCUT2D eigenvalue weighted by atomic mass is 10.2. The second-order valence-electron chi connectivity index (χ2n) is 4.16. The first-order valence-electron chi connectivity index (χ1n) is 6.14. The number of unbranched alkanes of at least 4 members (excludes halogenated alkanes) is 1. The highest BCUT2D eigenvalue weighted by Gasteiger charge is 2.11. The molecule has 106 valence electrons. The van der Waals surface area contributed by atoms with E-state index in [4.69, 9.17) is 33.7 Å².